The minimum Gasteiger partial charge on any atom is -0.505 e. The number of imide groups is 1. The Morgan fingerprint density at radius 1 is 0.886 bits per heavy atom. The molecule has 1 aliphatic rings. The molecule has 3 amide bonds. The smallest absolute Gasteiger partial charge is 0.434 e. The number of nitrogens with one attached hydrogen (secondary N) is 2. The third-order valence-corrected chi connectivity index (χ3v) is 6.02. The molecule has 4 rings (SSSR count). The van der Waals surface area contributed by atoms with Crippen molar-refractivity contribution in [3.05, 3.63) is 105 Å². The van der Waals surface area contributed by atoms with Gasteiger partial charge in [0.15, 0.2) is 11.4 Å². The summed E-state index contributed by atoms with van der Waals surface area (Å²) in [7, 11) is 0. The molecule has 0 radical (unpaired) electrons. The molecule has 3 aromatic rings. The molecule has 0 saturated carbocycles. The minimum atomic E-state index is -5.47. The Morgan fingerprint density at radius 3 is 2.14 bits per heavy atom. The number of urea groups is 1. The van der Waals surface area contributed by atoms with Gasteiger partial charge in [0.25, 0.3) is 11.6 Å². The van der Waals surface area contributed by atoms with E-state index in [1.165, 1.54) is 36.4 Å². The molecule has 0 atom stereocenters. The van der Waals surface area contributed by atoms with Gasteiger partial charge in [-0.2, -0.15) is 26.3 Å². The highest BCUT2D eigenvalue weighted by Gasteiger charge is 2.42. The maximum atomic E-state index is 14.1. The maximum absolute atomic E-state index is 14.1. The molecule has 3 aromatic carbocycles. The summed E-state index contributed by atoms with van der Waals surface area (Å²) in [4.78, 5) is 52.4. The second kappa shape index (κ2) is 11.9. The predicted molar refractivity (Wildman–Crippen MR) is 142 cm³/mol. The first-order valence-electron chi connectivity index (χ1n) is 12.1. The van der Waals surface area contributed by atoms with Gasteiger partial charge in [0.2, 0.25) is 5.78 Å². The van der Waals surface area contributed by atoms with Crippen molar-refractivity contribution in [1.29, 1.82) is 0 Å². The lowest BCUT2D eigenvalue weighted by Crippen LogP contribution is -2.36. The number of hydrogen-bond donors (Lipinski definition) is 3. The number of allylic oxidation sites excluding steroid dienone is 1. The van der Waals surface area contributed by atoms with Crippen LogP contribution < -0.4 is 15.5 Å². The van der Waals surface area contributed by atoms with E-state index in [4.69, 9.17) is 0 Å². The van der Waals surface area contributed by atoms with Crippen LogP contribution in [-0.2, 0) is 6.18 Å². The molecule has 44 heavy (non-hydrogen) atoms. The van der Waals surface area contributed by atoms with Gasteiger partial charge < -0.3 is 15.3 Å². The van der Waals surface area contributed by atoms with Gasteiger partial charge in [-0.05, 0) is 30.3 Å². The number of ketones is 1. The SMILES string of the molecule is O=C(NC(=O)c1ccccc1[N+](=O)[O-])Nc1ccc(C(=O)C2=NC(C(F)(F)F)=CN(c3ccccc3)C2)c(C(F)(F)F)c1O. The van der Waals surface area contributed by atoms with Crippen LogP contribution in [0.4, 0.5) is 48.2 Å². The summed E-state index contributed by atoms with van der Waals surface area (Å²) in [6.07, 6.45) is -9.96. The number of phenols is 1. The summed E-state index contributed by atoms with van der Waals surface area (Å²) in [5.41, 5.74) is -7.77. The van der Waals surface area contributed by atoms with E-state index in [9.17, 15) is 55.9 Å². The van der Waals surface area contributed by atoms with E-state index in [2.05, 4.69) is 4.99 Å². The van der Waals surface area contributed by atoms with E-state index in [1.54, 1.807) is 16.7 Å². The highest BCUT2D eigenvalue weighted by atomic mass is 19.4. The molecule has 0 aliphatic carbocycles. The van der Waals surface area contributed by atoms with Crippen molar-refractivity contribution in [2.75, 3.05) is 16.8 Å². The number of phenolic OH excluding ortho intramolecular Hbond substituents is 1. The number of aromatic hydroxyl groups is 1. The number of benzene rings is 3. The van der Waals surface area contributed by atoms with Crippen LogP contribution >= 0.6 is 0 Å². The van der Waals surface area contributed by atoms with Crippen molar-refractivity contribution in [2.24, 2.45) is 4.99 Å². The van der Waals surface area contributed by atoms with E-state index in [0.717, 1.165) is 17.0 Å². The predicted octanol–water partition coefficient (Wildman–Crippen LogP) is 5.83. The maximum Gasteiger partial charge on any atom is 0.434 e. The number of alkyl halides is 6. The van der Waals surface area contributed by atoms with Crippen LogP contribution in [0, 0.1) is 10.1 Å². The first kappa shape index (κ1) is 31.2. The van der Waals surface area contributed by atoms with E-state index in [0.29, 0.717) is 18.3 Å². The summed E-state index contributed by atoms with van der Waals surface area (Å²) in [5.74, 6) is -4.59. The van der Waals surface area contributed by atoms with Crippen molar-refractivity contribution >= 4 is 40.5 Å². The Morgan fingerprint density at radius 2 is 1.52 bits per heavy atom. The fourth-order valence-corrected chi connectivity index (χ4v) is 4.08. The molecule has 0 unspecified atom stereocenters. The zero-order valence-corrected chi connectivity index (χ0v) is 21.7. The summed E-state index contributed by atoms with van der Waals surface area (Å²) < 4.78 is 83.1. The molecule has 1 heterocycles. The number of halogens is 6. The Hall–Kier alpha value is -5.74. The van der Waals surface area contributed by atoms with Crippen molar-refractivity contribution in [3.63, 3.8) is 0 Å². The molecule has 3 N–H and O–H groups in total. The molecule has 0 fully saturated rings. The summed E-state index contributed by atoms with van der Waals surface area (Å²) in [6, 6.07) is 11.4. The lowest BCUT2D eigenvalue weighted by molar-refractivity contribution is -0.385. The standard InChI is InChI=1S/C27H17F6N5O6/c28-26(29,30)20-13-37(14-6-2-1-3-7-14)12-18(34-20)22(39)16-10-11-17(23(40)21(16)27(31,32)33)35-25(42)36-24(41)15-8-4-5-9-19(15)38(43)44/h1-11,13,40H,12H2,(H2,35,36,41,42). The number of carbonyl (C=O) groups excluding carboxylic acids is 3. The van der Waals surface area contributed by atoms with Gasteiger partial charge in [-0.3, -0.25) is 25.0 Å². The number of para-hydroxylation sites is 2. The van der Waals surface area contributed by atoms with E-state index < -0.39 is 86.8 Å². The molecule has 17 heteroatoms. The number of carbonyl (C=O) groups is 3. The minimum absolute atomic E-state index is 0.175. The monoisotopic (exact) mass is 621 g/mol. The molecule has 0 saturated heterocycles. The molecule has 11 nitrogen and oxygen atoms in total. The number of nitro benzene ring substituents is 1. The third kappa shape index (κ3) is 6.66. The van der Waals surface area contributed by atoms with Crippen molar-refractivity contribution < 1.29 is 50.8 Å². The van der Waals surface area contributed by atoms with Gasteiger partial charge in [0, 0.05) is 23.5 Å². The fourth-order valence-electron chi connectivity index (χ4n) is 4.08. The van der Waals surface area contributed by atoms with Gasteiger partial charge in [0.1, 0.15) is 16.8 Å². The molecule has 0 bridgehead atoms. The first-order valence-corrected chi connectivity index (χ1v) is 12.1. The fraction of sp³-hybridized carbons (Fsp3) is 0.111. The number of amides is 3. The lowest BCUT2D eigenvalue weighted by Gasteiger charge is -2.27. The topological polar surface area (TPSA) is 154 Å². The molecular formula is C27H17F6N5O6. The number of Topliss-reactive ketones (excluding diaryl/α,β-unsaturated/α-hetero) is 1. The average molecular weight is 621 g/mol. The lowest BCUT2D eigenvalue weighted by atomic mass is 9.97. The van der Waals surface area contributed by atoms with Crippen LogP contribution in [0.2, 0.25) is 0 Å². The number of nitro groups is 1. The highest BCUT2D eigenvalue weighted by molar-refractivity contribution is 6.48. The van der Waals surface area contributed by atoms with Crippen molar-refractivity contribution in [1.82, 2.24) is 5.32 Å². The van der Waals surface area contributed by atoms with Crippen LogP contribution in [0.25, 0.3) is 0 Å². The van der Waals surface area contributed by atoms with Crippen molar-refractivity contribution in [3.8, 4) is 5.75 Å². The van der Waals surface area contributed by atoms with Crippen LogP contribution in [0.1, 0.15) is 26.3 Å². The van der Waals surface area contributed by atoms with Gasteiger partial charge in [0.05, 0.1) is 17.2 Å². The van der Waals surface area contributed by atoms with E-state index in [1.807, 2.05) is 0 Å². The molecule has 0 aromatic heterocycles. The number of nitrogens with zero attached hydrogens (tertiary/aromatic N) is 3. The zero-order valence-electron chi connectivity index (χ0n) is 21.7. The van der Waals surface area contributed by atoms with Gasteiger partial charge >= 0.3 is 18.4 Å². The molecule has 228 valence electrons. The van der Waals surface area contributed by atoms with Gasteiger partial charge in [-0.25, -0.2) is 9.79 Å². The average Bonchev–Trinajstić information content (AvgIpc) is 2.96. The largest absolute Gasteiger partial charge is 0.505 e. The van der Waals surface area contributed by atoms with E-state index >= 15 is 0 Å². The number of rotatable bonds is 6. The second-order valence-electron chi connectivity index (χ2n) is 8.93. The third-order valence-electron chi connectivity index (χ3n) is 6.02. The number of anilines is 2. The number of aliphatic imine (C=N–C) groups is 1. The van der Waals surface area contributed by atoms with Crippen LogP contribution in [0.5, 0.6) is 5.75 Å². The Bertz CT molecular complexity index is 1720. The second-order valence-corrected chi connectivity index (χ2v) is 8.93. The van der Waals surface area contributed by atoms with Crippen LogP contribution in [0.3, 0.4) is 0 Å². The Balaban J connectivity index is 1.66. The van der Waals surface area contributed by atoms with Crippen LogP contribution in [0.15, 0.2) is 83.6 Å². The summed E-state index contributed by atoms with van der Waals surface area (Å²) in [6.45, 7) is -0.656. The molecule has 1 aliphatic heterocycles. The van der Waals surface area contributed by atoms with Crippen LogP contribution in [-0.4, -0.2) is 46.2 Å². The first-order chi connectivity index (χ1) is 20.6. The molecular weight excluding hydrogens is 604 g/mol. The highest BCUT2D eigenvalue weighted by Crippen LogP contribution is 2.43. The quantitative estimate of drug-likeness (QED) is 0.103. The normalized spacial score (nSPS) is 13.5. The number of hydrogen-bond acceptors (Lipinski definition) is 8. The summed E-state index contributed by atoms with van der Waals surface area (Å²) >= 11 is 0. The van der Waals surface area contributed by atoms with Gasteiger partial charge in [-0.1, -0.05) is 30.3 Å². The van der Waals surface area contributed by atoms with E-state index in [-0.39, 0.29) is 5.69 Å². The Kier molecular flexibility index (Phi) is 8.41. The summed E-state index contributed by atoms with van der Waals surface area (Å²) in [5, 5.41) is 25.0. The Labute approximate surface area is 242 Å². The van der Waals surface area contributed by atoms with Crippen molar-refractivity contribution in [2.45, 2.75) is 12.4 Å². The van der Waals surface area contributed by atoms with Gasteiger partial charge in [-0.15, -0.1) is 0 Å². The zero-order chi connectivity index (χ0) is 32.4. The molecule has 0 spiro atoms.